The summed E-state index contributed by atoms with van der Waals surface area (Å²) in [7, 11) is 0. The van der Waals surface area contributed by atoms with Gasteiger partial charge in [-0.25, -0.2) is 13.6 Å². The Kier molecular flexibility index (Phi) is 4.86. The SMILES string of the molecule is Nc1nc(=O)n(C2OC(CO)/C(=C/F)C2F)cc1/C=C\Br. The van der Waals surface area contributed by atoms with Crippen LogP contribution in [0.3, 0.4) is 0 Å². The fourth-order valence-electron chi connectivity index (χ4n) is 2.02. The van der Waals surface area contributed by atoms with Crippen molar-refractivity contribution < 1.29 is 18.6 Å². The van der Waals surface area contributed by atoms with Gasteiger partial charge < -0.3 is 15.6 Å². The predicted molar refractivity (Wildman–Crippen MR) is 76.0 cm³/mol. The van der Waals surface area contributed by atoms with Crippen molar-refractivity contribution in [2.24, 2.45) is 0 Å². The molecule has 0 spiro atoms. The van der Waals surface area contributed by atoms with Crippen LogP contribution in [0.25, 0.3) is 6.08 Å². The summed E-state index contributed by atoms with van der Waals surface area (Å²) in [6.45, 7) is -0.599. The van der Waals surface area contributed by atoms with Crippen molar-refractivity contribution in [1.82, 2.24) is 9.55 Å². The van der Waals surface area contributed by atoms with E-state index < -0.39 is 30.8 Å². The highest BCUT2D eigenvalue weighted by Gasteiger charge is 2.42. The Morgan fingerprint density at radius 1 is 1.62 bits per heavy atom. The lowest BCUT2D eigenvalue weighted by molar-refractivity contribution is -0.0375. The maximum atomic E-state index is 14.2. The van der Waals surface area contributed by atoms with Crippen LogP contribution < -0.4 is 11.4 Å². The van der Waals surface area contributed by atoms with E-state index in [0.29, 0.717) is 5.56 Å². The molecular weight excluding hydrogens is 352 g/mol. The van der Waals surface area contributed by atoms with Crippen LogP contribution in [0, 0.1) is 0 Å². The van der Waals surface area contributed by atoms with Crippen molar-refractivity contribution in [1.29, 1.82) is 0 Å². The minimum atomic E-state index is -1.91. The number of anilines is 1. The molecule has 1 aliphatic rings. The number of nitrogen functional groups attached to an aromatic ring is 1. The number of nitrogens with two attached hydrogens (primary N) is 1. The Morgan fingerprint density at radius 2 is 2.33 bits per heavy atom. The first-order valence-electron chi connectivity index (χ1n) is 5.89. The molecule has 21 heavy (non-hydrogen) atoms. The fourth-order valence-corrected chi connectivity index (χ4v) is 2.30. The maximum Gasteiger partial charge on any atom is 0.351 e. The van der Waals surface area contributed by atoms with Crippen molar-refractivity contribution in [3.05, 3.63) is 39.1 Å². The molecule has 6 nitrogen and oxygen atoms in total. The topological polar surface area (TPSA) is 90.4 Å². The molecule has 3 atom stereocenters. The zero-order chi connectivity index (χ0) is 15.6. The Labute approximate surface area is 126 Å². The summed E-state index contributed by atoms with van der Waals surface area (Å²) in [6.07, 6.45) is -1.65. The molecule has 0 bridgehead atoms. The Morgan fingerprint density at radius 3 is 2.86 bits per heavy atom. The molecule has 2 rings (SSSR count). The van der Waals surface area contributed by atoms with Gasteiger partial charge in [0, 0.05) is 17.3 Å². The van der Waals surface area contributed by atoms with Crippen LogP contribution in [0.1, 0.15) is 11.8 Å². The van der Waals surface area contributed by atoms with Gasteiger partial charge in [0.2, 0.25) is 0 Å². The number of aliphatic hydroxyl groups excluding tert-OH is 1. The first-order chi connectivity index (χ1) is 10.0. The van der Waals surface area contributed by atoms with Crippen molar-refractivity contribution in [2.75, 3.05) is 12.3 Å². The number of hydrogen-bond donors (Lipinski definition) is 2. The van der Waals surface area contributed by atoms with Crippen LogP contribution in [0.4, 0.5) is 14.6 Å². The maximum absolute atomic E-state index is 14.2. The van der Waals surface area contributed by atoms with E-state index in [2.05, 4.69) is 20.9 Å². The first kappa shape index (κ1) is 15.8. The zero-order valence-electron chi connectivity index (χ0n) is 10.6. The molecule has 1 aromatic heterocycles. The van der Waals surface area contributed by atoms with Crippen LogP contribution in [-0.2, 0) is 4.74 Å². The number of nitrogens with zero attached hydrogens (tertiary/aromatic N) is 2. The van der Waals surface area contributed by atoms with Gasteiger partial charge in [0.05, 0.1) is 12.9 Å². The van der Waals surface area contributed by atoms with Gasteiger partial charge in [-0.2, -0.15) is 4.98 Å². The third kappa shape index (κ3) is 2.89. The lowest BCUT2D eigenvalue weighted by Crippen LogP contribution is -2.31. The van der Waals surface area contributed by atoms with E-state index in [4.69, 9.17) is 15.6 Å². The average molecular weight is 364 g/mol. The standard InChI is InChI=1S/C12H12BrF2N3O3/c13-2-1-6-4-18(12(20)17-10(6)16)11-9(15)7(3-14)8(5-19)21-11/h1-4,8-9,11,19H,5H2,(H2,16,17,20)/b2-1-,7-3-. The molecule has 0 amide bonds. The van der Waals surface area contributed by atoms with E-state index in [1.165, 1.54) is 17.3 Å². The fraction of sp³-hybridized carbons (Fsp3) is 0.333. The smallest absolute Gasteiger partial charge is 0.351 e. The summed E-state index contributed by atoms with van der Waals surface area (Å²) < 4.78 is 32.9. The molecule has 2 heterocycles. The molecule has 0 radical (unpaired) electrons. The molecule has 3 N–H and O–H groups in total. The second-order valence-electron chi connectivity index (χ2n) is 4.27. The molecule has 1 fully saturated rings. The zero-order valence-corrected chi connectivity index (χ0v) is 12.2. The van der Waals surface area contributed by atoms with E-state index in [1.54, 1.807) is 0 Å². The minimum Gasteiger partial charge on any atom is -0.393 e. The Bertz CT molecular complexity index is 647. The highest BCUT2D eigenvalue weighted by atomic mass is 79.9. The number of hydrogen-bond acceptors (Lipinski definition) is 5. The van der Waals surface area contributed by atoms with Gasteiger partial charge in [-0.3, -0.25) is 4.57 Å². The second kappa shape index (κ2) is 6.46. The van der Waals surface area contributed by atoms with E-state index in [9.17, 15) is 13.6 Å². The molecule has 1 aromatic rings. The van der Waals surface area contributed by atoms with Gasteiger partial charge in [-0.05, 0) is 11.1 Å². The molecule has 0 aliphatic carbocycles. The first-order valence-corrected chi connectivity index (χ1v) is 6.81. The molecule has 114 valence electrons. The predicted octanol–water partition coefficient (Wildman–Crippen LogP) is 1.27. The third-order valence-corrected chi connectivity index (χ3v) is 3.33. The number of rotatable bonds is 3. The van der Waals surface area contributed by atoms with Crippen molar-refractivity contribution >= 4 is 27.8 Å². The van der Waals surface area contributed by atoms with E-state index in [0.717, 1.165) is 4.57 Å². The molecule has 0 saturated carbocycles. The van der Waals surface area contributed by atoms with Gasteiger partial charge >= 0.3 is 5.69 Å². The number of aliphatic hydroxyl groups is 1. The Balaban J connectivity index is 2.47. The molecular formula is C12H12BrF2N3O3. The van der Waals surface area contributed by atoms with E-state index in [1.807, 2.05) is 0 Å². The average Bonchev–Trinajstić information content (AvgIpc) is 2.78. The summed E-state index contributed by atoms with van der Waals surface area (Å²) in [5, 5.41) is 9.06. The normalized spacial score (nSPS) is 27.8. The minimum absolute atomic E-state index is 0.0275. The summed E-state index contributed by atoms with van der Waals surface area (Å²) in [5.41, 5.74) is 4.75. The third-order valence-electron chi connectivity index (χ3n) is 3.06. The number of alkyl halides is 1. The largest absolute Gasteiger partial charge is 0.393 e. The van der Waals surface area contributed by atoms with Crippen LogP contribution >= 0.6 is 15.9 Å². The summed E-state index contributed by atoms with van der Waals surface area (Å²) in [5.74, 6) is -0.0275. The second-order valence-corrected chi connectivity index (χ2v) is 4.80. The van der Waals surface area contributed by atoms with Crippen LogP contribution in [-0.4, -0.2) is 33.5 Å². The summed E-state index contributed by atoms with van der Waals surface area (Å²) >= 11 is 3.05. The van der Waals surface area contributed by atoms with E-state index in [-0.39, 0.29) is 17.7 Å². The molecule has 1 aliphatic heterocycles. The lowest BCUT2D eigenvalue weighted by atomic mass is 10.1. The van der Waals surface area contributed by atoms with E-state index >= 15 is 0 Å². The van der Waals surface area contributed by atoms with Crippen molar-refractivity contribution in [2.45, 2.75) is 18.5 Å². The number of ether oxygens (including phenoxy) is 1. The molecule has 0 aromatic carbocycles. The highest BCUT2D eigenvalue weighted by molar-refractivity contribution is 9.11. The van der Waals surface area contributed by atoms with Gasteiger partial charge in [0.25, 0.3) is 0 Å². The quantitative estimate of drug-likeness (QED) is 0.843. The molecule has 9 heteroatoms. The number of aromatic nitrogens is 2. The van der Waals surface area contributed by atoms with Gasteiger partial charge in [-0.15, -0.1) is 0 Å². The van der Waals surface area contributed by atoms with Crippen LogP contribution in [0.2, 0.25) is 0 Å². The summed E-state index contributed by atoms with van der Waals surface area (Å²) in [4.78, 5) is 16.9. The highest BCUT2D eigenvalue weighted by Crippen LogP contribution is 2.35. The van der Waals surface area contributed by atoms with Gasteiger partial charge in [0.1, 0.15) is 11.9 Å². The van der Waals surface area contributed by atoms with Crippen LogP contribution in [0.5, 0.6) is 0 Å². The number of halogens is 3. The van der Waals surface area contributed by atoms with Gasteiger partial charge in [0.15, 0.2) is 12.4 Å². The Hall–Kier alpha value is -1.58. The van der Waals surface area contributed by atoms with Gasteiger partial charge in [-0.1, -0.05) is 15.9 Å². The molecule has 1 saturated heterocycles. The van der Waals surface area contributed by atoms with Crippen molar-refractivity contribution in [3.63, 3.8) is 0 Å². The molecule has 3 unspecified atom stereocenters. The van der Waals surface area contributed by atoms with Crippen molar-refractivity contribution in [3.8, 4) is 0 Å². The monoisotopic (exact) mass is 363 g/mol. The summed E-state index contributed by atoms with van der Waals surface area (Å²) in [6, 6.07) is 0. The van der Waals surface area contributed by atoms with Crippen LogP contribution in [0.15, 0.2) is 27.9 Å². The lowest BCUT2D eigenvalue weighted by Gasteiger charge is -2.16.